The van der Waals surface area contributed by atoms with E-state index in [0.29, 0.717) is 44.3 Å². The zero-order valence-electron chi connectivity index (χ0n) is 19.9. The molecule has 0 saturated carbocycles. The second-order valence-corrected chi connectivity index (χ2v) is 8.78. The number of benzene rings is 2. The van der Waals surface area contributed by atoms with Crippen LogP contribution in [0, 0.1) is 0 Å². The van der Waals surface area contributed by atoms with Crippen molar-refractivity contribution < 1.29 is 53.8 Å². The van der Waals surface area contributed by atoms with Gasteiger partial charge in [0, 0.05) is 25.1 Å². The zero-order chi connectivity index (χ0) is 24.1. The van der Waals surface area contributed by atoms with Crippen molar-refractivity contribution in [3.63, 3.8) is 0 Å². The van der Waals surface area contributed by atoms with E-state index in [-0.39, 0.29) is 53.7 Å². The van der Waals surface area contributed by atoms with Gasteiger partial charge in [0.2, 0.25) is 11.8 Å². The molecule has 0 bridgehead atoms. The van der Waals surface area contributed by atoms with E-state index in [1.165, 1.54) is 9.80 Å². The quantitative estimate of drug-likeness (QED) is 0.447. The zero-order valence-corrected chi connectivity index (χ0v) is 21.9. The number of carboxylic acids is 1. The average Bonchev–Trinajstić information content (AvgIpc) is 3.54. The summed E-state index contributed by atoms with van der Waals surface area (Å²) in [7, 11) is 0. The fourth-order valence-corrected chi connectivity index (χ4v) is 4.84. The summed E-state index contributed by atoms with van der Waals surface area (Å²) in [6, 6.07) is 15.5. The van der Waals surface area contributed by atoms with Crippen LogP contribution in [0.5, 0.6) is 0 Å². The van der Waals surface area contributed by atoms with E-state index < -0.39 is 24.1 Å². The van der Waals surface area contributed by atoms with E-state index in [9.17, 15) is 24.3 Å². The Morgan fingerprint density at radius 3 is 2.06 bits per heavy atom. The normalized spacial score (nSPS) is 20.1. The largest absolute Gasteiger partial charge is 1.00 e. The van der Waals surface area contributed by atoms with Crippen LogP contribution in [0.15, 0.2) is 60.7 Å². The minimum absolute atomic E-state index is 0. The molecule has 35 heavy (non-hydrogen) atoms. The first-order chi connectivity index (χ1) is 16.5. The van der Waals surface area contributed by atoms with Crippen LogP contribution in [-0.2, 0) is 20.8 Å². The van der Waals surface area contributed by atoms with E-state index >= 15 is 0 Å². The predicted molar refractivity (Wildman–Crippen MR) is 122 cm³/mol. The Morgan fingerprint density at radius 1 is 0.857 bits per heavy atom. The van der Waals surface area contributed by atoms with E-state index in [2.05, 4.69) is 5.32 Å². The van der Waals surface area contributed by atoms with Gasteiger partial charge in [-0.3, -0.25) is 14.4 Å². The number of likely N-dealkylation sites (tertiary alicyclic amines) is 2. The van der Waals surface area contributed by atoms with Crippen LogP contribution >= 0.6 is 0 Å². The Balaban J connectivity index is 0.00000342. The molecule has 0 aliphatic carbocycles. The Kier molecular flexibility index (Phi) is 9.48. The van der Waals surface area contributed by atoms with E-state index in [0.717, 1.165) is 5.56 Å². The van der Waals surface area contributed by atoms with E-state index in [1.807, 2.05) is 36.4 Å². The second kappa shape index (κ2) is 12.3. The summed E-state index contributed by atoms with van der Waals surface area (Å²) in [5.74, 6) is -2.33. The van der Waals surface area contributed by atoms with E-state index in [1.54, 1.807) is 24.3 Å². The smallest absolute Gasteiger partial charge is 0.548 e. The van der Waals surface area contributed by atoms with Crippen molar-refractivity contribution in [2.45, 2.75) is 50.2 Å². The molecule has 0 spiro atoms. The molecule has 2 fully saturated rings. The Hall–Kier alpha value is -2.68. The maximum Gasteiger partial charge on any atom is 1.00 e. The standard InChI is InChI=1S/C26H29N3O5.Na/c30-23(19-11-5-2-6-12-19)27-20(17-18-9-3-1-4-10-18)24(31)28-15-7-13-21(28)25(32)29-16-8-14-22(29)26(33)34;/h1-6,9-12,20-22H,7-8,13-17H2,(H,27,30)(H,33,34);/q;+1/p-1/t20-,21-,22-;/m0./s1. The number of hydrogen-bond acceptors (Lipinski definition) is 5. The molecule has 8 nitrogen and oxygen atoms in total. The third-order valence-electron chi connectivity index (χ3n) is 6.55. The SMILES string of the molecule is O=C(N[C@@H](Cc1ccccc1)C(=O)N1CCC[C@H]1C(=O)N1CCC[C@H]1C(=O)[O-])c1ccccc1.[Na+]. The molecule has 2 heterocycles. The molecular formula is C26H28N3NaO5. The molecule has 0 radical (unpaired) electrons. The van der Waals surface area contributed by atoms with Crippen LogP contribution < -0.4 is 40.0 Å². The summed E-state index contributed by atoms with van der Waals surface area (Å²) in [6.45, 7) is 0.722. The van der Waals surface area contributed by atoms with Crippen LogP contribution in [-0.4, -0.2) is 64.7 Å². The number of amides is 3. The maximum atomic E-state index is 13.7. The molecule has 178 valence electrons. The van der Waals surface area contributed by atoms with Gasteiger partial charge in [-0.2, -0.15) is 0 Å². The molecule has 9 heteroatoms. The van der Waals surface area contributed by atoms with Gasteiger partial charge in [-0.1, -0.05) is 48.5 Å². The number of carboxylic acid groups (broad SMARTS) is 1. The molecule has 3 amide bonds. The van der Waals surface area contributed by atoms with Crippen molar-refractivity contribution in [3.05, 3.63) is 71.8 Å². The third kappa shape index (κ3) is 6.31. The first kappa shape index (κ1) is 26.9. The number of rotatable bonds is 7. The predicted octanol–water partition coefficient (Wildman–Crippen LogP) is -2.24. The van der Waals surface area contributed by atoms with Crippen molar-refractivity contribution >= 4 is 23.7 Å². The van der Waals surface area contributed by atoms with Crippen molar-refractivity contribution in [3.8, 4) is 0 Å². The van der Waals surface area contributed by atoms with Crippen molar-refractivity contribution in [1.29, 1.82) is 0 Å². The van der Waals surface area contributed by atoms with Gasteiger partial charge in [0.15, 0.2) is 0 Å². The molecule has 2 aliphatic heterocycles. The molecule has 0 unspecified atom stereocenters. The molecule has 2 aromatic rings. The Morgan fingerprint density at radius 2 is 1.43 bits per heavy atom. The summed E-state index contributed by atoms with van der Waals surface area (Å²) in [6.07, 6.45) is 2.33. The number of carbonyl (C=O) groups excluding carboxylic acids is 4. The van der Waals surface area contributed by atoms with Crippen molar-refractivity contribution in [2.24, 2.45) is 0 Å². The molecule has 3 atom stereocenters. The molecule has 2 saturated heterocycles. The summed E-state index contributed by atoms with van der Waals surface area (Å²) in [5, 5.41) is 14.3. The number of hydrogen-bond donors (Lipinski definition) is 1. The number of aliphatic carboxylic acids is 1. The average molecular weight is 486 g/mol. The van der Waals surface area contributed by atoms with E-state index in [4.69, 9.17) is 0 Å². The van der Waals surface area contributed by atoms with Gasteiger partial charge in [-0.05, 0) is 43.4 Å². The minimum Gasteiger partial charge on any atom is -0.548 e. The van der Waals surface area contributed by atoms with Gasteiger partial charge < -0.3 is 25.0 Å². The maximum absolute atomic E-state index is 13.7. The summed E-state index contributed by atoms with van der Waals surface area (Å²) in [5.41, 5.74) is 1.32. The molecular weight excluding hydrogens is 457 g/mol. The van der Waals surface area contributed by atoms with Crippen LogP contribution in [0.3, 0.4) is 0 Å². The summed E-state index contributed by atoms with van der Waals surface area (Å²) >= 11 is 0. The van der Waals surface area contributed by atoms with Crippen LogP contribution in [0.4, 0.5) is 0 Å². The van der Waals surface area contributed by atoms with Crippen molar-refractivity contribution in [1.82, 2.24) is 15.1 Å². The molecule has 2 aromatic carbocycles. The topological polar surface area (TPSA) is 110 Å². The summed E-state index contributed by atoms with van der Waals surface area (Å²) < 4.78 is 0. The van der Waals surface area contributed by atoms with Gasteiger partial charge >= 0.3 is 29.6 Å². The Bertz CT molecular complexity index is 1050. The van der Waals surface area contributed by atoms with Gasteiger partial charge in [-0.15, -0.1) is 0 Å². The monoisotopic (exact) mass is 485 g/mol. The van der Waals surface area contributed by atoms with Gasteiger partial charge in [0.05, 0.1) is 12.0 Å². The molecule has 1 N–H and O–H groups in total. The second-order valence-electron chi connectivity index (χ2n) is 8.78. The van der Waals surface area contributed by atoms with Crippen LogP contribution in [0.1, 0.15) is 41.6 Å². The first-order valence-corrected chi connectivity index (χ1v) is 11.7. The fraction of sp³-hybridized carbons (Fsp3) is 0.385. The van der Waals surface area contributed by atoms with Crippen molar-refractivity contribution in [2.75, 3.05) is 13.1 Å². The van der Waals surface area contributed by atoms with Gasteiger partial charge in [0.25, 0.3) is 5.91 Å². The Labute approximate surface area is 227 Å². The van der Waals surface area contributed by atoms with Crippen LogP contribution in [0.25, 0.3) is 0 Å². The molecule has 0 aromatic heterocycles. The van der Waals surface area contributed by atoms with Gasteiger partial charge in [0.1, 0.15) is 12.1 Å². The number of carbonyl (C=O) groups is 4. The first-order valence-electron chi connectivity index (χ1n) is 11.7. The number of nitrogens with one attached hydrogen (secondary N) is 1. The number of nitrogens with zero attached hydrogens (tertiary/aromatic N) is 2. The summed E-state index contributed by atoms with van der Waals surface area (Å²) in [4.78, 5) is 54.1. The van der Waals surface area contributed by atoms with Gasteiger partial charge in [-0.25, -0.2) is 0 Å². The molecule has 2 aliphatic rings. The fourth-order valence-electron chi connectivity index (χ4n) is 4.84. The molecule has 4 rings (SSSR count). The minimum atomic E-state index is -1.26. The van der Waals surface area contributed by atoms with Crippen LogP contribution in [0.2, 0.25) is 0 Å². The third-order valence-corrected chi connectivity index (χ3v) is 6.55.